The Morgan fingerprint density at radius 3 is 2.35 bits per heavy atom. The third-order valence-electron chi connectivity index (χ3n) is 5.70. The van der Waals surface area contributed by atoms with Gasteiger partial charge in [0.2, 0.25) is 0 Å². The fraction of sp³-hybridized carbons (Fsp3) is 0.143. The molecule has 4 rings (SSSR count). The normalized spacial score (nSPS) is 15.8. The maximum absolute atomic E-state index is 13.3. The van der Waals surface area contributed by atoms with E-state index < -0.39 is 23.5 Å². The van der Waals surface area contributed by atoms with Gasteiger partial charge in [0.1, 0.15) is 0 Å². The van der Waals surface area contributed by atoms with E-state index in [4.69, 9.17) is 9.47 Å². The second kappa shape index (κ2) is 9.67. The molecule has 3 aromatic rings. The summed E-state index contributed by atoms with van der Waals surface area (Å²) in [4.78, 5) is 28.0. The van der Waals surface area contributed by atoms with Crippen LogP contribution in [0.1, 0.15) is 22.7 Å². The van der Waals surface area contributed by atoms with Crippen molar-refractivity contribution in [2.45, 2.75) is 13.0 Å². The minimum absolute atomic E-state index is 0.00547. The number of ether oxygens (including phenoxy) is 2. The van der Waals surface area contributed by atoms with Crippen LogP contribution in [0.2, 0.25) is 0 Å². The molecule has 0 aromatic heterocycles. The summed E-state index contributed by atoms with van der Waals surface area (Å²) >= 11 is 0. The van der Waals surface area contributed by atoms with Crippen molar-refractivity contribution in [1.82, 2.24) is 0 Å². The number of amides is 1. The van der Waals surface area contributed by atoms with Crippen LogP contribution in [0.4, 0.5) is 5.69 Å². The van der Waals surface area contributed by atoms with Crippen LogP contribution in [0.5, 0.6) is 11.5 Å². The van der Waals surface area contributed by atoms with Crippen molar-refractivity contribution in [3.05, 3.63) is 107 Å². The average molecular weight is 456 g/mol. The number of aliphatic hydroxyl groups is 1. The van der Waals surface area contributed by atoms with Gasteiger partial charge in [-0.3, -0.25) is 14.5 Å². The number of carbonyl (C=O) groups is 2. The number of hydrogen-bond donors (Lipinski definition) is 1. The number of hydrogen-bond acceptors (Lipinski definition) is 5. The number of aryl methyl sites for hydroxylation is 1. The third-order valence-corrected chi connectivity index (χ3v) is 5.70. The summed E-state index contributed by atoms with van der Waals surface area (Å²) < 4.78 is 10.8. The number of nitrogens with zero attached hydrogens (tertiary/aromatic N) is 1. The molecule has 34 heavy (non-hydrogen) atoms. The van der Waals surface area contributed by atoms with Gasteiger partial charge in [-0.15, -0.1) is 0 Å². The average Bonchev–Trinajstić information content (AvgIpc) is 3.13. The minimum Gasteiger partial charge on any atom is -0.503 e. The molecule has 0 spiro atoms. The topological polar surface area (TPSA) is 76.1 Å². The molecule has 0 saturated carbocycles. The number of anilines is 1. The molecule has 6 nitrogen and oxygen atoms in total. The Kier molecular flexibility index (Phi) is 6.50. The van der Waals surface area contributed by atoms with E-state index in [0.29, 0.717) is 22.7 Å². The lowest BCUT2D eigenvalue weighted by Gasteiger charge is -2.27. The fourth-order valence-corrected chi connectivity index (χ4v) is 4.07. The van der Waals surface area contributed by atoms with Gasteiger partial charge in [0.15, 0.2) is 23.0 Å². The smallest absolute Gasteiger partial charge is 0.294 e. The summed E-state index contributed by atoms with van der Waals surface area (Å²) in [5, 5.41) is 10.9. The number of allylic oxidation sites excluding steroid dienone is 1. The molecule has 3 aromatic carbocycles. The number of rotatable bonds is 7. The zero-order valence-electron chi connectivity index (χ0n) is 19.2. The van der Waals surface area contributed by atoms with Crippen LogP contribution in [-0.4, -0.2) is 31.0 Å². The lowest BCUT2D eigenvalue weighted by molar-refractivity contribution is -0.117. The number of methoxy groups -OCH3 is 2. The first-order valence-electron chi connectivity index (χ1n) is 10.8. The van der Waals surface area contributed by atoms with Crippen molar-refractivity contribution in [2.24, 2.45) is 0 Å². The first-order valence-corrected chi connectivity index (χ1v) is 10.8. The molecular weight excluding hydrogens is 430 g/mol. The molecule has 0 aliphatic carbocycles. The molecule has 0 bridgehead atoms. The van der Waals surface area contributed by atoms with Crippen molar-refractivity contribution in [1.29, 1.82) is 0 Å². The van der Waals surface area contributed by atoms with Crippen LogP contribution in [0, 0.1) is 6.92 Å². The predicted octanol–water partition coefficient (Wildman–Crippen LogP) is 5.19. The first-order chi connectivity index (χ1) is 16.4. The molecule has 0 saturated heterocycles. The van der Waals surface area contributed by atoms with Gasteiger partial charge in [-0.1, -0.05) is 54.6 Å². The molecule has 0 fully saturated rings. The summed E-state index contributed by atoms with van der Waals surface area (Å²) in [6, 6.07) is 21.0. The van der Waals surface area contributed by atoms with Crippen molar-refractivity contribution in [2.75, 3.05) is 19.1 Å². The molecule has 172 valence electrons. The standard InChI is InChI=1S/C28H25NO5/c1-18-8-7-11-21(16-18)29-26(20-13-15-23(33-2)24(17-20)34-3)25(27(31)28(29)32)22(30)14-12-19-9-5-4-6-10-19/h4-17,26,31H,1-3H3/b14-12+/t26-/m1/s1. The van der Waals surface area contributed by atoms with Crippen molar-refractivity contribution in [3.63, 3.8) is 0 Å². The van der Waals surface area contributed by atoms with Gasteiger partial charge in [0.05, 0.1) is 25.8 Å². The molecule has 6 heteroatoms. The maximum Gasteiger partial charge on any atom is 0.294 e. The number of aliphatic hydroxyl groups excluding tert-OH is 1. The highest BCUT2D eigenvalue weighted by Crippen LogP contribution is 2.43. The maximum atomic E-state index is 13.3. The highest BCUT2D eigenvalue weighted by Gasteiger charge is 2.44. The van der Waals surface area contributed by atoms with E-state index in [1.165, 1.54) is 25.2 Å². The SMILES string of the molecule is COc1ccc([C@@H]2C(C(=O)/C=C/c3ccccc3)=C(O)C(=O)N2c2cccc(C)c2)cc1OC. The fourth-order valence-electron chi connectivity index (χ4n) is 4.07. The lowest BCUT2D eigenvalue weighted by atomic mass is 9.94. The Morgan fingerprint density at radius 1 is 0.941 bits per heavy atom. The molecule has 1 N–H and O–H groups in total. The molecule has 1 aliphatic rings. The zero-order valence-corrected chi connectivity index (χ0v) is 19.2. The van der Waals surface area contributed by atoms with Gasteiger partial charge in [-0.2, -0.15) is 0 Å². The van der Waals surface area contributed by atoms with Gasteiger partial charge >= 0.3 is 0 Å². The molecule has 0 unspecified atom stereocenters. The molecule has 1 heterocycles. The van der Waals surface area contributed by atoms with E-state index in [-0.39, 0.29) is 5.57 Å². The van der Waals surface area contributed by atoms with E-state index in [1.807, 2.05) is 55.5 Å². The lowest BCUT2D eigenvalue weighted by Crippen LogP contribution is -2.31. The summed E-state index contributed by atoms with van der Waals surface area (Å²) in [7, 11) is 3.05. The second-order valence-electron chi connectivity index (χ2n) is 7.90. The highest BCUT2D eigenvalue weighted by atomic mass is 16.5. The van der Waals surface area contributed by atoms with Crippen molar-refractivity contribution < 1.29 is 24.2 Å². The molecular formula is C28H25NO5. The van der Waals surface area contributed by atoms with Gasteiger partial charge in [-0.05, 0) is 54.0 Å². The van der Waals surface area contributed by atoms with Crippen LogP contribution in [0.25, 0.3) is 6.08 Å². The monoisotopic (exact) mass is 455 g/mol. The number of carbonyl (C=O) groups excluding carboxylic acids is 2. The Labute approximate surface area is 198 Å². The quantitative estimate of drug-likeness (QED) is 0.496. The number of ketones is 1. The summed E-state index contributed by atoms with van der Waals surface area (Å²) in [6.07, 6.45) is 3.04. The summed E-state index contributed by atoms with van der Waals surface area (Å²) in [5.74, 6) is -0.687. The Morgan fingerprint density at radius 2 is 1.68 bits per heavy atom. The van der Waals surface area contributed by atoms with E-state index in [2.05, 4.69) is 0 Å². The molecule has 1 amide bonds. The van der Waals surface area contributed by atoms with Gasteiger partial charge in [-0.25, -0.2) is 0 Å². The van der Waals surface area contributed by atoms with Crippen molar-refractivity contribution >= 4 is 23.5 Å². The van der Waals surface area contributed by atoms with E-state index >= 15 is 0 Å². The van der Waals surface area contributed by atoms with E-state index in [1.54, 1.807) is 30.3 Å². The predicted molar refractivity (Wildman–Crippen MR) is 131 cm³/mol. The molecule has 1 aliphatic heterocycles. The third kappa shape index (κ3) is 4.30. The Bertz CT molecular complexity index is 1290. The Balaban J connectivity index is 1.83. The summed E-state index contributed by atoms with van der Waals surface area (Å²) in [5.41, 5.74) is 2.96. The zero-order chi connectivity index (χ0) is 24.2. The largest absolute Gasteiger partial charge is 0.503 e. The highest BCUT2D eigenvalue weighted by molar-refractivity contribution is 6.19. The molecule has 0 radical (unpaired) electrons. The van der Waals surface area contributed by atoms with Crippen LogP contribution < -0.4 is 14.4 Å². The van der Waals surface area contributed by atoms with Gasteiger partial charge < -0.3 is 14.6 Å². The van der Waals surface area contributed by atoms with E-state index in [9.17, 15) is 14.7 Å². The first kappa shape index (κ1) is 22.9. The van der Waals surface area contributed by atoms with Crippen LogP contribution in [-0.2, 0) is 9.59 Å². The molecule has 1 atom stereocenters. The van der Waals surface area contributed by atoms with Crippen molar-refractivity contribution in [3.8, 4) is 11.5 Å². The van der Waals surface area contributed by atoms with Crippen LogP contribution in [0.3, 0.4) is 0 Å². The van der Waals surface area contributed by atoms with Gasteiger partial charge in [0.25, 0.3) is 5.91 Å². The minimum atomic E-state index is -0.845. The second-order valence-corrected chi connectivity index (χ2v) is 7.90. The van der Waals surface area contributed by atoms with Gasteiger partial charge in [0, 0.05) is 5.69 Å². The number of benzene rings is 3. The summed E-state index contributed by atoms with van der Waals surface area (Å²) in [6.45, 7) is 1.91. The Hall–Kier alpha value is -4.32. The van der Waals surface area contributed by atoms with Crippen LogP contribution in [0.15, 0.2) is 90.2 Å². The van der Waals surface area contributed by atoms with E-state index in [0.717, 1.165) is 11.1 Å². The van der Waals surface area contributed by atoms with Crippen LogP contribution >= 0.6 is 0 Å².